The van der Waals surface area contributed by atoms with E-state index in [9.17, 15) is 4.79 Å². The minimum absolute atomic E-state index is 0.145. The van der Waals surface area contributed by atoms with E-state index in [0.717, 1.165) is 45.2 Å². The molecule has 0 saturated heterocycles. The molecule has 4 nitrogen and oxygen atoms in total. The number of hydrogen-bond donors (Lipinski definition) is 1. The van der Waals surface area contributed by atoms with E-state index >= 15 is 0 Å². The molecule has 3 aromatic carbocycles. The molecule has 1 amide bonds. The number of pyridine rings is 1. The van der Waals surface area contributed by atoms with Crippen LogP contribution in [0.3, 0.4) is 0 Å². The van der Waals surface area contributed by atoms with Crippen molar-refractivity contribution in [3.8, 4) is 11.3 Å². The molecule has 5 heteroatoms. The summed E-state index contributed by atoms with van der Waals surface area (Å²) >= 11 is 1.58. The molecular formula is C23H17N3OS. The normalized spacial score (nSPS) is 13.6. The maximum Gasteiger partial charge on any atom is 0.257 e. The third-order valence-corrected chi connectivity index (χ3v) is 5.72. The molecule has 1 aliphatic rings. The average molecular weight is 383 g/mol. The first-order valence-corrected chi connectivity index (χ1v) is 10.1. The molecule has 0 atom stereocenters. The fraction of sp³-hybridized carbons (Fsp3) is 0.0870. The standard InChI is InChI=1S/C23H17N3OS/c27-22(26-23-24-12-13-28-23)19-14-21(25-20-11-4-3-9-18(19)20)17-10-5-7-15-6-1-2-8-16(15)17/h1-11,14H,12-13H2,(H,24,26,27). The van der Waals surface area contributed by atoms with Crippen LogP contribution in [0.2, 0.25) is 0 Å². The highest BCUT2D eigenvalue weighted by Crippen LogP contribution is 2.30. The van der Waals surface area contributed by atoms with Gasteiger partial charge in [0.25, 0.3) is 5.91 Å². The topological polar surface area (TPSA) is 54.4 Å². The van der Waals surface area contributed by atoms with Gasteiger partial charge >= 0.3 is 0 Å². The highest BCUT2D eigenvalue weighted by atomic mass is 32.2. The van der Waals surface area contributed by atoms with Crippen molar-refractivity contribution < 1.29 is 4.79 Å². The minimum atomic E-state index is -0.145. The van der Waals surface area contributed by atoms with Crippen molar-refractivity contribution in [2.45, 2.75) is 0 Å². The molecule has 0 radical (unpaired) electrons. The highest BCUT2D eigenvalue weighted by molar-refractivity contribution is 8.14. The van der Waals surface area contributed by atoms with Crippen LogP contribution < -0.4 is 5.32 Å². The van der Waals surface area contributed by atoms with Crippen molar-refractivity contribution in [1.29, 1.82) is 0 Å². The first-order chi connectivity index (χ1) is 13.8. The van der Waals surface area contributed by atoms with Crippen molar-refractivity contribution >= 4 is 44.5 Å². The first kappa shape index (κ1) is 17.0. The number of para-hydroxylation sites is 1. The molecule has 5 rings (SSSR count). The number of amides is 1. The monoisotopic (exact) mass is 383 g/mol. The van der Waals surface area contributed by atoms with Crippen LogP contribution in [0.15, 0.2) is 77.8 Å². The summed E-state index contributed by atoms with van der Waals surface area (Å²) in [5.41, 5.74) is 3.23. The summed E-state index contributed by atoms with van der Waals surface area (Å²) in [4.78, 5) is 22.2. The Morgan fingerprint density at radius 1 is 0.929 bits per heavy atom. The first-order valence-electron chi connectivity index (χ1n) is 9.16. The van der Waals surface area contributed by atoms with Crippen LogP contribution in [0.4, 0.5) is 0 Å². The molecule has 0 unspecified atom stereocenters. The number of carbonyl (C=O) groups is 1. The zero-order chi connectivity index (χ0) is 18.9. The Morgan fingerprint density at radius 3 is 2.57 bits per heavy atom. The van der Waals surface area contributed by atoms with Gasteiger partial charge in [0, 0.05) is 16.7 Å². The van der Waals surface area contributed by atoms with Gasteiger partial charge in [-0.2, -0.15) is 0 Å². The number of nitrogens with one attached hydrogen (secondary N) is 1. The smallest absolute Gasteiger partial charge is 0.257 e. The maximum absolute atomic E-state index is 13.0. The lowest BCUT2D eigenvalue weighted by atomic mass is 9.99. The van der Waals surface area contributed by atoms with Crippen LogP contribution in [0.1, 0.15) is 10.4 Å². The molecule has 28 heavy (non-hydrogen) atoms. The van der Waals surface area contributed by atoms with Gasteiger partial charge in [-0.15, -0.1) is 0 Å². The Bertz CT molecular complexity index is 1240. The van der Waals surface area contributed by atoms with E-state index in [0.29, 0.717) is 10.7 Å². The van der Waals surface area contributed by atoms with E-state index in [1.54, 1.807) is 11.8 Å². The number of fused-ring (bicyclic) bond motifs is 2. The molecule has 1 aromatic heterocycles. The predicted octanol–water partition coefficient (Wildman–Crippen LogP) is 4.89. The zero-order valence-electron chi connectivity index (χ0n) is 15.1. The van der Waals surface area contributed by atoms with Crippen molar-refractivity contribution in [2.24, 2.45) is 4.99 Å². The van der Waals surface area contributed by atoms with Crippen LogP contribution >= 0.6 is 11.8 Å². The lowest BCUT2D eigenvalue weighted by molar-refractivity contribution is 0.0979. The van der Waals surface area contributed by atoms with Gasteiger partial charge in [-0.05, 0) is 22.9 Å². The summed E-state index contributed by atoms with van der Waals surface area (Å²) in [6.07, 6.45) is 0. The third kappa shape index (κ3) is 3.04. The molecule has 0 spiro atoms. The summed E-state index contributed by atoms with van der Waals surface area (Å²) in [6.45, 7) is 0.749. The SMILES string of the molecule is O=C(NC1=NCCS1)c1cc(-c2cccc3ccccc23)nc2ccccc12. The van der Waals surface area contributed by atoms with Crippen LogP contribution in [0.25, 0.3) is 32.9 Å². The molecular weight excluding hydrogens is 366 g/mol. The second-order valence-electron chi connectivity index (χ2n) is 6.59. The number of thioether (sulfide) groups is 1. The van der Waals surface area contributed by atoms with E-state index < -0.39 is 0 Å². The second kappa shape index (κ2) is 7.09. The number of aromatic nitrogens is 1. The summed E-state index contributed by atoms with van der Waals surface area (Å²) in [5.74, 6) is 0.766. The molecule has 0 saturated carbocycles. The summed E-state index contributed by atoms with van der Waals surface area (Å²) in [7, 11) is 0. The largest absolute Gasteiger partial charge is 0.301 e. The van der Waals surface area contributed by atoms with Gasteiger partial charge in [-0.3, -0.25) is 9.79 Å². The Balaban J connectivity index is 1.69. The fourth-order valence-electron chi connectivity index (χ4n) is 3.53. The Kier molecular flexibility index (Phi) is 4.29. The van der Waals surface area contributed by atoms with Gasteiger partial charge in [0.1, 0.15) is 0 Å². The highest BCUT2D eigenvalue weighted by Gasteiger charge is 2.17. The van der Waals surface area contributed by atoms with Gasteiger partial charge in [0.2, 0.25) is 0 Å². The lowest BCUT2D eigenvalue weighted by Gasteiger charge is -2.12. The van der Waals surface area contributed by atoms with Crippen molar-refractivity contribution in [3.63, 3.8) is 0 Å². The predicted molar refractivity (Wildman–Crippen MR) is 117 cm³/mol. The van der Waals surface area contributed by atoms with E-state index in [2.05, 4.69) is 34.6 Å². The van der Waals surface area contributed by atoms with Crippen LogP contribution in [0, 0.1) is 0 Å². The van der Waals surface area contributed by atoms with E-state index in [4.69, 9.17) is 4.98 Å². The van der Waals surface area contributed by atoms with Crippen LogP contribution in [0.5, 0.6) is 0 Å². The van der Waals surface area contributed by atoms with Crippen LogP contribution in [-0.2, 0) is 0 Å². The molecule has 2 heterocycles. The average Bonchev–Trinajstić information content (AvgIpc) is 3.25. The number of hydrogen-bond acceptors (Lipinski definition) is 4. The number of amidine groups is 1. The Hall–Kier alpha value is -3.18. The quantitative estimate of drug-likeness (QED) is 0.536. The summed E-state index contributed by atoms with van der Waals surface area (Å²) in [5, 5.41) is 6.75. The molecule has 4 aromatic rings. The Morgan fingerprint density at radius 2 is 1.71 bits per heavy atom. The second-order valence-corrected chi connectivity index (χ2v) is 7.67. The summed E-state index contributed by atoms with van der Waals surface area (Å²) < 4.78 is 0. The summed E-state index contributed by atoms with van der Waals surface area (Å²) in [6, 6.07) is 24.0. The van der Waals surface area contributed by atoms with Gasteiger partial charge in [-0.1, -0.05) is 72.4 Å². The maximum atomic E-state index is 13.0. The fourth-order valence-corrected chi connectivity index (χ4v) is 4.25. The number of nitrogens with zero attached hydrogens (tertiary/aromatic N) is 2. The van der Waals surface area contributed by atoms with Gasteiger partial charge in [-0.25, -0.2) is 4.98 Å². The van der Waals surface area contributed by atoms with Crippen molar-refractivity contribution in [3.05, 3.63) is 78.4 Å². The number of rotatable bonds is 2. The Labute approximate surface area is 166 Å². The lowest BCUT2D eigenvalue weighted by Crippen LogP contribution is -2.27. The van der Waals surface area contributed by atoms with Crippen LogP contribution in [-0.4, -0.2) is 28.4 Å². The molecule has 0 fully saturated rings. The van der Waals surface area contributed by atoms with Gasteiger partial charge < -0.3 is 5.32 Å². The molecule has 0 aliphatic carbocycles. The number of aliphatic imine (C=N–C) groups is 1. The minimum Gasteiger partial charge on any atom is -0.301 e. The molecule has 1 N–H and O–H groups in total. The van der Waals surface area contributed by atoms with Crippen molar-refractivity contribution in [2.75, 3.05) is 12.3 Å². The van der Waals surface area contributed by atoms with E-state index in [1.807, 2.05) is 48.5 Å². The number of carbonyl (C=O) groups excluding carboxylic acids is 1. The van der Waals surface area contributed by atoms with Crippen molar-refractivity contribution in [1.82, 2.24) is 10.3 Å². The van der Waals surface area contributed by atoms with E-state index in [-0.39, 0.29) is 5.91 Å². The molecule has 1 aliphatic heterocycles. The van der Waals surface area contributed by atoms with Gasteiger partial charge in [0.15, 0.2) is 5.17 Å². The van der Waals surface area contributed by atoms with E-state index in [1.165, 1.54) is 0 Å². The third-order valence-electron chi connectivity index (χ3n) is 4.83. The van der Waals surface area contributed by atoms with Gasteiger partial charge in [0.05, 0.1) is 23.3 Å². The molecule has 136 valence electrons. The zero-order valence-corrected chi connectivity index (χ0v) is 15.9. The number of benzene rings is 3. The molecule has 0 bridgehead atoms.